The van der Waals surface area contributed by atoms with Gasteiger partial charge in [0.1, 0.15) is 19.2 Å². The summed E-state index contributed by atoms with van der Waals surface area (Å²) in [5, 5.41) is 18.3. The van der Waals surface area contributed by atoms with Crippen molar-refractivity contribution in [2.24, 2.45) is 5.92 Å². The quantitative estimate of drug-likeness (QED) is 0.458. The van der Waals surface area contributed by atoms with E-state index in [0.29, 0.717) is 5.69 Å². The highest BCUT2D eigenvalue weighted by atomic mass is 16.5. The number of amides is 2. The van der Waals surface area contributed by atoms with Crippen LogP contribution >= 0.6 is 0 Å². The molecular weight excluding hydrogens is 448 g/mol. The van der Waals surface area contributed by atoms with Crippen LogP contribution in [0.15, 0.2) is 60.9 Å². The van der Waals surface area contributed by atoms with Crippen molar-refractivity contribution in [3.63, 3.8) is 0 Å². The minimum Gasteiger partial charge on any atom is -0.480 e. The molecule has 35 heavy (non-hydrogen) atoms. The summed E-state index contributed by atoms with van der Waals surface area (Å²) in [6.45, 7) is -0.138. The zero-order chi connectivity index (χ0) is 24.4. The van der Waals surface area contributed by atoms with Crippen molar-refractivity contribution in [1.29, 1.82) is 0 Å². The maximum Gasteiger partial charge on any atom is 0.407 e. The van der Waals surface area contributed by atoms with Gasteiger partial charge in [-0.25, -0.2) is 4.79 Å². The molecule has 1 atom stereocenters. The van der Waals surface area contributed by atoms with Gasteiger partial charge >= 0.3 is 12.1 Å². The molecule has 1 heterocycles. The third-order valence-corrected chi connectivity index (χ3v) is 6.72. The second-order valence-corrected chi connectivity index (χ2v) is 8.95. The number of alkyl carbamates (subject to hydrolysis) is 1. The molecule has 2 amide bonds. The maximum atomic E-state index is 13.0. The number of carboxylic acid groups (broad SMARTS) is 1. The van der Waals surface area contributed by atoms with Gasteiger partial charge in [-0.1, -0.05) is 55.0 Å². The first kappa shape index (κ1) is 22.6. The van der Waals surface area contributed by atoms with Gasteiger partial charge in [0, 0.05) is 12.1 Å². The molecule has 0 bridgehead atoms. The van der Waals surface area contributed by atoms with Crippen LogP contribution in [-0.2, 0) is 20.9 Å². The fourth-order valence-corrected chi connectivity index (χ4v) is 4.81. The Bertz CT molecular complexity index is 1220. The summed E-state index contributed by atoms with van der Waals surface area (Å²) < 4.78 is 6.84. The largest absolute Gasteiger partial charge is 0.480 e. The molecule has 0 saturated heterocycles. The van der Waals surface area contributed by atoms with Crippen molar-refractivity contribution < 1.29 is 24.2 Å². The molecule has 0 spiro atoms. The highest BCUT2D eigenvalue weighted by molar-refractivity contribution is 5.96. The van der Waals surface area contributed by atoms with Gasteiger partial charge in [-0.05, 0) is 41.0 Å². The van der Waals surface area contributed by atoms with E-state index in [9.17, 15) is 14.4 Å². The lowest BCUT2D eigenvalue weighted by molar-refractivity contribution is -0.137. The molecule has 1 aromatic heterocycles. The standard InChI is InChI=1S/C26H26N4O5/c31-23(32)14-30-13-17(12-27-30)28-25(33)24(16-6-5-7-16)29-26(34)35-15-22-20-10-3-1-8-18(20)19-9-2-4-11-21(19)22/h1-4,8-13,16,22,24H,5-7,14-15H2,(H,28,33)(H,29,34)(H,31,32). The van der Waals surface area contributed by atoms with Crippen molar-refractivity contribution in [3.05, 3.63) is 72.1 Å². The summed E-state index contributed by atoms with van der Waals surface area (Å²) in [5.41, 5.74) is 4.90. The van der Waals surface area contributed by atoms with Gasteiger partial charge in [-0.2, -0.15) is 5.10 Å². The van der Waals surface area contributed by atoms with E-state index in [1.807, 2.05) is 24.3 Å². The smallest absolute Gasteiger partial charge is 0.407 e. The molecule has 5 rings (SSSR count). The van der Waals surface area contributed by atoms with Crippen LogP contribution in [0.5, 0.6) is 0 Å². The lowest BCUT2D eigenvalue weighted by Gasteiger charge is -2.33. The van der Waals surface area contributed by atoms with Crippen LogP contribution < -0.4 is 10.6 Å². The number of carbonyl (C=O) groups excluding carboxylic acids is 2. The van der Waals surface area contributed by atoms with E-state index < -0.39 is 18.1 Å². The molecule has 1 saturated carbocycles. The van der Waals surface area contributed by atoms with Crippen LogP contribution in [0.1, 0.15) is 36.3 Å². The number of anilines is 1. The summed E-state index contributed by atoms with van der Waals surface area (Å²) in [5.74, 6) is -1.46. The number of carbonyl (C=O) groups is 3. The first-order valence-corrected chi connectivity index (χ1v) is 11.7. The number of aromatic nitrogens is 2. The van der Waals surface area contributed by atoms with Gasteiger partial charge in [0.25, 0.3) is 0 Å². The van der Waals surface area contributed by atoms with Crippen molar-refractivity contribution in [2.75, 3.05) is 11.9 Å². The Labute approximate surface area is 202 Å². The van der Waals surface area contributed by atoms with Gasteiger partial charge in [0.2, 0.25) is 5.91 Å². The van der Waals surface area contributed by atoms with E-state index in [1.54, 1.807) is 0 Å². The molecule has 0 radical (unpaired) electrons. The highest BCUT2D eigenvalue weighted by Crippen LogP contribution is 2.44. The molecule has 3 aromatic rings. The van der Waals surface area contributed by atoms with E-state index in [1.165, 1.54) is 17.1 Å². The van der Waals surface area contributed by atoms with Crippen molar-refractivity contribution in [1.82, 2.24) is 15.1 Å². The molecule has 2 aliphatic carbocycles. The minimum absolute atomic E-state index is 0.0181. The summed E-state index contributed by atoms with van der Waals surface area (Å²) in [7, 11) is 0. The van der Waals surface area contributed by atoms with Crippen molar-refractivity contribution in [2.45, 2.75) is 37.8 Å². The maximum absolute atomic E-state index is 13.0. The average molecular weight is 475 g/mol. The molecule has 0 aliphatic heterocycles. The molecule has 3 N–H and O–H groups in total. The monoisotopic (exact) mass is 474 g/mol. The fourth-order valence-electron chi connectivity index (χ4n) is 4.81. The lowest BCUT2D eigenvalue weighted by atomic mass is 9.79. The summed E-state index contributed by atoms with van der Waals surface area (Å²) in [4.78, 5) is 36.6. The number of benzene rings is 2. The summed E-state index contributed by atoms with van der Waals surface area (Å²) in [6.07, 6.45) is 4.85. The highest BCUT2D eigenvalue weighted by Gasteiger charge is 2.35. The normalized spacial score (nSPS) is 15.4. The zero-order valence-electron chi connectivity index (χ0n) is 19.0. The number of hydrogen-bond donors (Lipinski definition) is 3. The number of nitrogens with one attached hydrogen (secondary N) is 2. The molecule has 9 nitrogen and oxygen atoms in total. The van der Waals surface area contributed by atoms with Crippen LogP contribution in [0.3, 0.4) is 0 Å². The Morgan fingerprint density at radius 1 is 1.06 bits per heavy atom. The average Bonchev–Trinajstić information content (AvgIpc) is 3.37. The minimum atomic E-state index is -1.03. The van der Waals surface area contributed by atoms with Crippen LogP contribution in [0.4, 0.5) is 10.5 Å². The second kappa shape index (κ2) is 9.61. The van der Waals surface area contributed by atoms with Gasteiger partial charge < -0.3 is 20.5 Å². The van der Waals surface area contributed by atoms with E-state index in [2.05, 4.69) is 40.0 Å². The fraction of sp³-hybridized carbons (Fsp3) is 0.308. The zero-order valence-corrected chi connectivity index (χ0v) is 19.0. The SMILES string of the molecule is O=C(O)Cn1cc(NC(=O)C(NC(=O)OCC2c3ccccc3-c3ccccc32)C2CCC2)cn1. The number of rotatable bonds is 8. The number of aliphatic carboxylic acids is 1. The molecular formula is C26H26N4O5. The number of hydrogen-bond acceptors (Lipinski definition) is 5. The second-order valence-electron chi connectivity index (χ2n) is 8.95. The van der Waals surface area contributed by atoms with Crippen LogP contribution in [0.25, 0.3) is 11.1 Å². The van der Waals surface area contributed by atoms with Crippen LogP contribution in [-0.4, -0.2) is 45.5 Å². The molecule has 2 aromatic carbocycles. The van der Waals surface area contributed by atoms with Crippen LogP contribution in [0.2, 0.25) is 0 Å². The Hall–Kier alpha value is -4.14. The molecule has 180 valence electrons. The van der Waals surface area contributed by atoms with Gasteiger partial charge in [-0.15, -0.1) is 0 Å². The first-order valence-electron chi connectivity index (χ1n) is 11.7. The van der Waals surface area contributed by atoms with Crippen molar-refractivity contribution in [3.8, 4) is 11.1 Å². The van der Waals surface area contributed by atoms with E-state index >= 15 is 0 Å². The van der Waals surface area contributed by atoms with Gasteiger partial charge in [0.05, 0.1) is 11.9 Å². The Kier molecular flexibility index (Phi) is 6.22. The predicted molar refractivity (Wildman–Crippen MR) is 128 cm³/mol. The lowest BCUT2D eigenvalue weighted by Crippen LogP contribution is -2.50. The Balaban J connectivity index is 1.23. The molecule has 1 unspecified atom stereocenters. The van der Waals surface area contributed by atoms with E-state index in [-0.39, 0.29) is 30.9 Å². The predicted octanol–water partition coefficient (Wildman–Crippen LogP) is 3.61. The van der Waals surface area contributed by atoms with E-state index in [0.717, 1.165) is 41.5 Å². The topological polar surface area (TPSA) is 123 Å². The van der Waals surface area contributed by atoms with Crippen LogP contribution in [0, 0.1) is 5.92 Å². The number of fused-ring (bicyclic) bond motifs is 3. The molecule has 2 aliphatic rings. The summed E-state index contributed by atoms with van der Waals surface area (Å²) >= 11 is 0. The Morgan fingerprint density at radius 2 is 1.71 bits per heavy atom. The van der Waals surface area contributed by atoms with Crippen molar-refractivity contribution >= 4 is 23.7 Å². The molecule has 9 heteroatoms. The van der Waals surface area contributed by atoms with Gasteiger partial charge in [0.15, 0.2) is 0 Å². The number of nitrogens with zero attached hydrogens (tertiary/aromatic N) is 2. The van der Waals surface area contributed by atoms with E-state index in [4.69, 9.17) is 9.84 Å². The molecule has 1 fully saturated rings. The first-order chi connectivity index (χ1) is 17.0. The Morgan fingerprint density at radius 3 is 2.31 bits per heavy atom. The third-order valence-electron chi connectivity index (χ3n) is 6.72. The number of carboxylic acids is 1. The number of ether oxygens (including phenoxy) is 1. The summed E-state index contributed by atoms with van der Waals surface area (Å²) in [6, 6.07) is 15.5. The third kappa shape index (κ3) is 4.75. The van der Waals surface area contributed by atoms with Gasteiger partial charge in [-0.3, -0.25) is 14.3 Å².